The van der Waals surface area contributed by atoms with E-state index in [4.69, 9.17) is 4.74 Å². The molecule has 2 aromatic rings. The van der Waals surface area contributed by atoms with Crippen molar-refractivity contribution < 1.29 is 17.9 Å². The predicted octanol–water partition coefficient (Wildman–Crippen LogP) is 4.55. The van der Waals surface area contributed by atoms with E-state index >= 15 is 0 Å². The lowest BCUT2D eigenvalue weighted by molar-refractivity contribution is -0.118. The Labute approximate surface area is 186 Å². The van der Waals surface area contributed by atoms with Crippen molar-refractivity contribution in [2.45, 2.75) is 43.9 Å². The molecule has 1 saturated heterocycles. The second kappa shape index (κ2) is 9.08. The molecule has 3 rings (SSSR count). The Morgan fingerprint density at radius 1 is 1.10 bits per heavy atom. The zero-order valence-electron chi connectivity index (χ0n) is 17.4. The number of hydrogen-bond acceptors (Lipinski definition) is 4. The van der Waals surface area contributed by atoms with Crippen LogP contribution in [0.5, 0.6) is 5.75 Å². The predicted molar refractivity (Wildman–Crippen MR) is 121 cm³/mol. The van der Waals surface area contributed by atoms with Crippen LogP contribution in [-0.4, -0.2) is 38.3 Å². The highest BCUT2D eigenvalue weighted by molar-refractivity contribution is 9.10. The first-order valence-corrected chi connectivity index (χ1v) is 12.1. The van der Waals surface area contributed by atoms with E-state index in [9.17, 15) is 13.2 Å². The van der Waals surface area contributed by atoms with Crippen LogP contribution in [0.4, 0.5) is 5.69 Å². The zero-order valence-corrected chi connectivity index (χ0v) is 19.8. The number of halogens is 1. The summed E-state index contributed by atoms with van der Waals surface area (Å²) >= 11 is 3.49. The molecule has 162 valence electrons. The van der Waals surface area contributed by atoms with Crippen LogP contribution in [0.1, 0.15) is 39.2 Å². The van der Waals surface area contributed by atoms with Gasteiger partial charge in [0.05, 0.1) is 9.37 Å². The molecule has 0 atom stereocenters. The quantitative estimate of drug-likeness (QED) is 0.638. The molecule has 0 aliphatic carbocycles. The molecular weight excluding hydrogens is 468 g/mol. The zero-order chi connectivity index (χ0) is 21.9. The molecule has 6 nitrogen and oxygen atoms in total. The number of carbonyl (C=O) groups excluding carboxylic acids is 1. The van der Waals surface area contributed by atoms with E-state index in [0.29, 0.717) is 24.5 Å². The summed E-state index contributed by atoms with van der Waals surface area (Å²) in [4.78, 5) is 12.5. The van der Waals surface area contributed by atoms with Gasteiger partial charge in [0.1, 0.15) is 5.75 Å². The van der Waals surface area contributed by atoms with Gasteiger partial charge in [0.15, 0.2) is 6.61 Å². The Hall–Kier alpha value is -1.90. The standard InChI is InChI=1S/C22H27BrN2O4S/c1-22(2,3)16-6-11-20(19(23)14-16)29-15-21(26)24-17-7-9-18(10-8-17)30(27,28)25-12-4-5-13-25/h6-11,14H,4-5,12-13,15H2,1-3H3,(H,24,26). The molecule has 1 amide bonds. The van der Waals surface area contributed by atoms with Crippen molar-refractivity contribution in [1.29, 1.82) is 0 Å². The fourth-order valence-corrected chi connectivity index (χ4v) is 5.22. The number of amides is 1. The van der Waals surface area contributed by atoms with E-state index in [0.717, 1.165) is 22.9 Å². The normalized spacial score (nSPS) is 15.2. The van der Waals surface area contributed by atoms with Crippen LogP contribution in [0.3, 0.4) is 0 Å². The molecule has 0 aromatic heterocycles. The molecule has 2 aromatic carbocycles. The lowest BCUT2D eigenvalue weighted by Gasteiger charge is -2.20. The van der Waals surface area contributed by atoms with Gasteiger partial charge < -0.3 is 10.1 Å². The average Bonchev–Trinajstić information content (AvgIpc) is 3.22. The highest BCUT2D eigenvalue weighted by Crippen LogP contribution is 2.31. The van der Waals surface area contributed by atoms with Gasteiger partial charge >= 0.3 is 0 Å². The maximum Gasteiger partial charge on any atom is 0.262 e. The van der Waals surface area contributed by atoms with Gasteiger partial charge in [0.2, 0.25) is 10.0 Å². The van der Waals surface area contributed by atoms with Crippen molar-refractivity contribution in [3.8, 4) is 5.75 Å². The summed E-state index contributed by atoms with van der Waals surface area (Å²) in [7, 11) is -3.46. The van der Waals surface area contributed by atoms with Gasteiger partial charge in [0, 0.05) is 18.8 Å². The van der Waals surface area contributed by atoms with Crippen LogP contribution in [-0.2, 0) is 20.2 Å². The van der Waals surface area contributed by atoms with E-state index < -0.39 is 10.0 Å². The molecular formula is C22H27BrN2O4S. The maximum absolute atomic E-state index is 12.6. The van der Waals surface area contributed by atoms with Crippen molar-refractivity contribution in [2.24, 2.45) is 0 Å². The minimum atomic E-state index is -3.46. The number of hydrogen-bond donors (Lipinski definition) is 1. The summed E-state index contributed by atoms with van der Waals surface area (Å²) in [5, 5.41) is 2.73. The highest BCUT2D eigenvalue weighted by Gasteiger charge is 2.27. The van der Waals surface area contributed by atoms with Crippen LogP contribution in [0.25, 0.3) is 0 Å². The third kappa shape index (κ3) is 5.42. The van der Waals surface area contributed by atoms with Gasteiger partial charge in [-0.3, -0.25) is 4.79 Å². The Balaban J connectivity index is 1.58. The number of sulfonamides is 1. The largest absolute Gasteiger partial charge is 0.483 e. The Morgan fingerprint density at radius 2 is 1.73 bits per heavy atom. The molecule has 1 aliphatic rings. The van der Waals surface area contributed by atoms with Crippen LogP contribution < -0.4 is 10.1 Å². The second-order valence-electron chi connectivity index (χ2n) is 8.37. The summed E-state index contributed by atoms with van der Waals surface area (Å²) in [6.07, 6.45) is 1.78. The molecule has 1 heterocycles. The van der Waals surface area contributed by atoms with Crippen molar-refractivity contribution in [2.75, 3.05) is 25.0 Å². The SMILES string of the molecule is CC(C)(C)c1ccc(OCC(=O)Nc2ccc(S(=O)(=O)N3CCCC3)cc2)c(Br)c1. The van der Waals surface area contributed by atoms with Crippen LogP contribution in [0.2, 0.25) is 0 Å². The van der Waals surface area contributed by atoms with Gasteiger partial charge in [0.25, 0.3) is 5.91 Å². The lowest BCUT2D eigenvalue weighted by Crippen LogP contribution is -2.27. The van der Waals surface area contributed by atoms with Crippen molar-refractivity contribution in [3.63, 3.8) is 0 Å². The van der Waals surface area contributed by atoms with Gasteiger partial charge in [-0.1, -0.05) is 26.8 Å². The van der Waals surface area contributed by atoms with Crippen LogP contribution in [0, 0.1) is 0 Å². The molecule has 30 heavy (non-hydrogen) atoms. The molecule has 1 aliphatic heterocycles. The van der Waals surface area contributed by atoms with E-state index in [1.807, 2.05) is 18.2 Å². The first kappa shape index (κ1) is 22.8. The van der Waals surface area contributed by atoms with E-state index in [2.05, 4.69) is 42.0 Å². The Bertz CT molecular complexity index is 1010. The number of nitrogens with zero attached hydrogens (tertiary/aromatic N) is 1. The second-order valence-corrected chi connectivity index (χ2v) is 11.2. The van der Waals surface area contributed by atoms with E-state index in [1.54, 1.807) is 12.1 Å². The Morgan fingerprint density at radius 3 is 2.30 bits per heavy atom. The fourth-order valence-electron chi connectivity index (χ4n) is 3.21. The maximum atomic E-state index is 12.6. The molecule has 0 unspecified atom stereocenters. The molecule has 0 saturated carbocycles. The van der Waals surface area contributed by atoms with E-state index in [-0.39, 0.29) is 22.8 Å². The number of ether oxygens (including phenoxy) is 1. The lowest BCUT2D eigenvalue weighted by atomic mass is 9.87. The van der Waals surface area contributed by atoms with Gasteiger partial charge in [-0.2, -0.15) is 4.31 Å². The number of benzene rings is 2. The minimum absolute atomic E-state index is 0.0207. The summed E-state index contributed by atoms with van der Waals surface area (Å²) in [6, 6.07) is 12.0. The average molecular weight is 495 g/mol. The first-order chi connectivity index (χ1) is 14.1. The number of anilines is 1. The molecule has 8 heteroatoms. The van der Waals surface area contributed by atoms with Gasteiger partial charge in [-0.05, 0) is 76.1 Å². The molecule has 0 spiro atoms. The Kier molecular flexibility index (Phi) is 6.89. The van der Waals surface area contributed by atoms with Crippen molar-refractivity contribution in [1.82, 2.24) is 4.31 Å². The third-order valence-electron chi connectivity index (χ3n) is 5.00. The smallest absolute Gasteiger partial charge is 0.262 e. The monoisotopic (exact) mass is 494 g/mol. The van der Waals surface area contributed by atoms with Crippen LogP contribution >= 0.6 is 15.9 Å². The van der Waals surface area contributed by atoms with Crippen molar-refractivity contribution >= 4 is 37.5 Å². The molecule has 1 N–H and O–H groups in total. The van der Waals surface area contributed by atoms with Gasteiger partial charge in [-0.15, -0.1) is 0 Å². The topological polar surface area (TPSA) is 75.7 Å². The molecule has 0 bridgehead atoms. The summed E-state index contributed by atoms with van der Waals surface area (Å²) in [6.45, 7) is 7.36. The fraction of sp³-hybridized carbons (Fsp3) is 0.409. The number of nitrogens with one attached hydrogen (secondary N) is 1. The third-order valence-corrected chi connectivity index (χ3v) is 7.53. The van der Waals surface area contributed by atoms with E-state index in [1.165, 1.54) is 16.4 Å². The minimum Gasteiger partial charge on any atom is -0.483 e. The summed E-state index contributed by atoms with van der Waals surface area (Å²) in [5.41, 5.74) is 1.70. The number of rotatable bonds is 6. The highest BCUT2D eigenvalue weighted by atomic mass is 79.9. The van der Waals surface area contributed by atoms with Crippen molar-refractivity contribution in [3.05, 3.63) is 52.5 Å². The first-order valence-electron chi connectivity index (χ1n) is 9.90. The summed E-state index contributed by atoms with van der Waals surface area (Å²) in [5.74, 6) is 0.266. The number of carbonyl (C=O) groups is 1. The molecule has 0 radical (unpaired) electrons. The molecule has 1 fully saturated rings. The van der Waals surface area contributed by atoms with Crippen LogP contribution in [0.15, 0.2) is 51.8 Å². The summed E-state index contributed by atoms with van der Waals surface area (Å²) < 4.78 is 33.0. The van der Waals surface area contributed by atoms with Gasteiger partial charge in [-0.25, -0.2) is 8.42 Å².